The molecule has 0 saturated heterocycles. The lowest BCUT2D eigenvalue weighted by Crippen LogP contribution is -2.07. The van der Waals surface area contributed by atoms with E-state index >= 15 is 0 Å². The van der Waals surface area contributed by atoms with Gasteiger partial charge in [0.05, 0.1) is 33.1 Å². The van der Waals surface area contributed by atoms with Crippen LogP contribution in [-0.2, 0) is 0 Å². The summed E-state index contributed by atoms with van der Waals surface area (Å²) < 4.78 is 13.3. The van der Waals surface area contributed by atoms with Crippen LogP contribution in [0, 0.1) is 0 Å². The normalized spacial score (nSPS) is 12.1. The number of para-hydroxylation sites is 5. The van der Waals surface area contributed by atoms with Gasteiger partial charge in [-0.15, -0.1) is 0 Å². The third-order valence-electron chi connectivity index (χ3n) is 12.9. The van der Waals surface area contributed by atoms with Crippen molar-refractivity contribution in [1.29, 1.82) is 0 Å². The van der Waals surface area contributed by atoms with E-state index in [2.05, 4.69) is 171 Å². The van der Waals surface area contributed by atoms with E-state index in [9.17, 15) is 0 Å². The zero-order chi connectivity index (χ0) is 41.9. The minimum Gasteiger partial charge on any atom is -0.456 e. The van der Waals surface area contributed by atoms with Crippen LogP contribution in [0.2, 0.25) is 0 Å². The molecule has 0 aliphatic heterocycles. The molecule has 0 aliphatic rings. The van der Waals surface area contributed by atoms with Crippen molar-refractivity contribution in [3.8, 4) is 40.1 Å². The van der Waals surface area contributed by atoms with Crippen molar-refractivity contribution in [3.05, 3.63) is 206 Å². The van der Waals surface area contributed by atoms with Gasteiger partial charge >= 0.3 is 0 Å². The number of rotatable bonds is 5. The fourth-order valence-electron chi connectivity index (χ4n) is 10.1. The summed E-state index contributed by atoms with van der Waals surface area (Å²) >= 11 is 0. The smallest absolute Gasteiger partial charge is 0.238 e. The third kappa shape index (κ3) is 5.00. The maximum absolute atomic E-state index is 6.23. The number of hydrogen-bond acceptors (Lipinski definition) is 4. The highest BCUT2D eigenvalue weighted by Gasteiger charge is 2.24. The molecule has 0 amide bonds. The summed E-state index contributed by atoms with van der Waals surface area (Å²) in [4.78, 5) is 15.9. The number of fused-ring (bicyclic) bond motifs is 13. The maximum Gasteiger partial charge on any atom is 0.238 e. The molecule has 0 spiro atoms. The van der Waals surface area contributed by atoms with Crippen LogP contribution in [0.5, 0.6) is 0 Å². The Kier molecular flexibility index (Phi) is 7.27. The van der Waals surface area contributed by atoms with Gasteiger partial charge in [-0.25, -0.2) is 4.98 Å². The second-order valence-corrected chi connectivity index (χ2v) is 16.4. The molecule has 0 radical (unpaired) electrons. The quantitative estimate of drug-likeness (QED) is 0.173. The molecule has 0 saturated carbocycles. The van der Waals surface area contributed by atoms with Crippen LogP contribution < -0.4 is 0 Å². The lowest BCUT2D eigenvalue weighted by Gasteiger charge is -2.14. The molecule has 0 bridgehead atoms. The molecule has 9 aromatic carbocycles. The molecule has 0 N–H and O–H groups in total. The van der Waals surface area contributed by atoms with Crippen molar-refractivity contribution in [2.75, 3.05) is 0 Å². The first-order chi connectivity index (χ1) is 31.7. The van der Waals surface area contributed by atoms with Crippen molar-refractivity contribution in [3.63, 3.8) is 0 Å². The number of furan rings is 1. The summed E-state index contributed by atoms with van der Waals surface area (Å²) in [6, 6.07) is 72.6. The van der Waals surface area contributed by atoms with Gasteiger partial charge in [0, 0.05) is 65.6 Å². The molecule has 0 fully saturated rings. The SMILES string of the molecule is c1ccc(-c2nc(-c3ccc4oc5ccccc5c4c3)nc(-n3c4ccccc4c4ccc5c6ccccc6n(-c6ccc7c(c6)c6ccccc6n7-c6ccccc6)c5c43)n2)cc1. The van der Waals surface area contributed by atoms with Gasteiger partial charge in [-0.1, -0.05) is 133 Å². The van der Waals surface area contributed by atoms with Crippen LogP contribution >= 0.6 is 0 Å². The van der Waals surface area contributed by atoms with Gasteiger partial charge in [-0.3, -0.25) is 4.57 Å². The van der Waals surface area contributed by atoms with Gasteiger partial charge in [0.15, 0.2) is 11.6 Å². The average Bonchev–Trinajstić information content (AvgIpc) is 4.10. The number of benzene rings is 9. The highest BCUT2D eigenvalue weighted by molar-refractivity contribution is 6.24. The fourth-order valence-corrected chi connectivity index (χ4v) is 10.1. The largest absolute Gasteiger partial charge is 0.456 e. The Hall–Kier alpha value is -8.81. The Bertz CT molecular complexity index is 4190. The first-order valence-corrected chi connectivity index (χ1v) is 21.5. The number of hydrogen-bond donors (Lipinski definition) is 0. The maximum atomic E-state index is 6.23. The van der Waals surface area contributed by atoms with Gasteiger partial charge in [0.25, 0.3) is 0 Å². The first-order valence-electron chi connectivity index (χ1n) is 21.5. The van der Waals surface area contributed by atoms with Gasteiger partial charge in [-0.05, 0) is 72.8 Å². The Balaban J connectivity index is 1.09. The molecule has 0 atom stereocenters. The van der Waals surface area contributed by atoms with Crippen molar-refractivity contribution >= 4 is 87.4 Å². The van der Waals surface area contributed by atoms with Crippen LogP contribution in [0.1, 0.15) is 0 Å². The van der Waals surface area contributed by atoms with Gasteiger partial charge < -0.3 is 13.6 Å². The fraction of sp³-hybridized carbons (Fsp3) is 0. The van der Waals surface area contributed by atoms with Gasteiger partial charge in [-0.2, -0.15) is 9.97 Å². The number of nitrogens with zero attached hydrogens (tertiary/aromatic N) is 6. The molecular weight excluding hydrogens is 785 g/mol. The summed E-state index contributed by atoms with van der Waals surface area (Å²) in [5.41, 5.74) is 12.2. The second-order valence-electron chi connectivity index (χ2n) is 16.4. The van der Waals surface area contributed by atoms with E-state index in [0.717, 1.165) is 88.2 Å². The zero-order valence-electron chi connectivity index (χ0n) is 34.2. The summed E-state index contributed by atoms with van der Waals surface area (Å²) in [5, 5.41) is 9.01. The highest BCUT2D eigenvalue weighted by Crippen LogP contribution is 2.43. The molecule has 7 heteroatoms. The Labute approximate surface area is 365 Å². The van der Waals surface area contributed by atoms with Gasteiger partial charge in [0.2, 0.25) is 5.95 Å². The molecule has 64 heavy (non-hydrogen) atoms. The Morgan fingerprint density at radius 1 is 0.297 bits per heavy atom. The molecule has 298 valence electrons. The van der Waals surface area contributed by atoms with Crippen LogP contribution in [0.25, 0.3) is 127 Å². The first kappa shape index (κ1) is 34.9. The van der Waals surface area contributed by atoms with Crippen LogP contribution in [-0.4, -0.2) is 28.7 Å². The summed E-state index contributed by atoms with van der Waals surface area (Å²) in [7, 11) is 0. The van der Waals surface area contributed by atoms with Crippen molar-refractivity contribution < 1.29 is 4.42 Å². The minimum absolute atomic E-state index is 0.540. The van der Waals surface area contributed by atoms with E-state index in [0.29, 0.717) is 17.6 Å². The second kappa shape index (κ2) is 13.3. The topological polar surface area (TPSA) is 66.6 Å². The van der Waals surface area contributed by atoms with E-state index in [-0.39, 0.29) is 0 Å². The Morgan fingerprint density at radius 2 is 0.828 bits per heavy atom. The minimum atomic E-state index is 0.540. The molecule has 0 aliphatic carbocycles. The Morgan fingerprint density at radius 3 is 1.55 bits per heavy atom. The predicted molar refractivity (Wildman–Crippen MR) is 261 cm³/mol. The standard InChI is InChI=1S/C57H34N6O/c1-3-15-35(16-4-1)55-58-56(36-27-32-52-46(33-36)42-22-10-14-26-51(42)64-52)60-57(59-55)63-49-25-13-8-20-40(49)44-30-29-43-39-19-7-12-24-48(39)62(53(43)54(44)63)38-28-31-50-45(34-38)41-21-9-11-23-47(41)61(50)37-17-5-2-6-18-37/h1-34H. The predicted octanol–water partition coefficient (Wildman–Crippen LogP) is 14.4. The lowest BCUT2D eigenvalue weighted by molar-refractivity contribution is 0.669. The van der Waals surface area contributed by atoms with Crippen LogP contribution in [0.3, 0.4) is 0 Å². The van der Waals surface area contributed by atoms with E-state index < -0.39 is 0 Å². The molecule has 5 aromatic heterocycles. The van der Waals surface area contributed by atoms with Crippen LogP contribution in [0.4, 0.5) is 0 Å². The van der Waals surface area contributed by atoms with E-state index in [1.54, 1.807) is 0 Å². The monoisotopic (exact) mass is 818 g/mol. The third-order valence-corrected chi connectivity index (χ3v) is 12.9. The van der Waals surface area contributed by atoms with Crippen molar-refractivity contribution in [2.24, 2.45) is 0 Å². The molecule has 14 rings (SSSR count). The molecule has 0 unspecified atom stereocenters. The lowest BCUT2D eigenvalue weighted by atomic mass is 10.1. The van der Waals surface area contributed by atoms with Crippen molar-refractivity contribution in [1.82, 2.24) is 28.7 Å². The van der Waals surface area contributed by atoms with E-state index in [1.807, 2.05) is 48.5 Å². The summed E-state index contributed by atoms with van der Waals surface area (Å²) in [6.45, 7) is 0. The van der Waals surface area contributed by atoms with Crippen LogP contribution in [0.15, 0.2) is 211 Å². The van der Waals surface area contributed by atoms with Crippen molar-refractivity contribution in [2.45, 2.75) is 0 Å². The van der Waals surface area contributed by atoms with E-state index in [4.69, 9.17) is 19.4 Å². The molecule has 14 aromatic rings. The zero-order valence-corrected chi connectivity index (χ0v) is 34.2. The average molecular weight is 819 g/mol. The molecular formula is C57H34N6O. The molecule has 7 nitrogen and oxygen atoms in total. The summed E-state index contributed by atoms with van der Waals surface area (Å²) in [5.74, 6) is 1.71. The summed E-state index contributed by atoms with van der Waals surface area (Å²) in [6.07, 6.45) is 0. The molecule has 5 heterocycles. The highest BCUT2D eigenvalue weighted by atomic mass is 16.3. The van der Waals surface area contributed by atoms with Gasteiger partial charge in [0.1, 0.15) is 11.2 Å². The van der Waals surface area contributed by atoms with E-state index in [1.165, 1.54) is 21.7 Å². The number of aromatic nitrogens is 6.